The fourth-order valence-electron chi connectivity index (χ4n) is 2.64. The number of nitrogens with one attached hydrogen (secondary N) is 1. The van der Waals surface area contributed by atoms with E-state index in [1.54, 1.807) is 19.2 Å². The topological polar surface area (TPSA) is 67.8 Å². The predicted molar refractivity (Wildman–Crippen MR) is 86.0 cm³/mol. The van der Waals surface area contributed by atoms with Gasteiger partial charge >= 0.3 is 0 Å². The van der Waals surface area contributed by atoms with E-state index in [1.807, 2.05) is 24.3 Å². The van der Waals surface area contributed by atoms with Gasteiger partial charge in [-0.15, -0.1) is 0 Å². The van der Waals surface area contributed by atoms with Crippen LogP contribution in [0.4, 0.5) is 0 Å². The molecule has 0 bridgehead atoms. The van der Waals surface area contributed by atoms with E-state index in [9.17, 15) is 9.90 Å². The summed E-state index contributed by atoms with van der Waals surface area (Å²) in [5, 5.41) is 13.0. The van der Waals surface area contributed by atoms with Gasteiger partial charge in [-0.1, -0.05) is 12.1 Å². The zero-order valence-corrected chi connectivity index (χ0v) is 13.1. The first-order valence-corrected chi connectivity index (χ1v) is 7.42. The van der Waals surface area contributed by atoms with Crippen LogP contribution in [0.3, 0.4) is 0 Å². The van der Waals surface area contributed by atoms with Crippen molar-refractivity contribution in [1.82, 2.24) is 5.32 Å². The number of methoxy groups -OCH3 is 2. The maximum atomic E-state index is 12.5. The monoisotopic (exact) mass is 313 g/mol. The van der Waals surface area contributed by atoms with Crippen molar-refractivity contribution in [2.24, 2.45) is 0 Å². The van der Waals surface area contributed by atoms with Crippen LogP contribution in [-0.2, 0) is 5.54 Å². The van der Waals surface area contributed by atoms with Crippen LogP contribution < -0.4 is 14.8 Å². The fourth-order valence-corrected chi connectivity index (χ4v) is 2.64. The average molecular weight is 313 g/mol. The van der Waals surface area contributed by atoms with Crippen LogP contribution in [0.25, 0.3) is 0 Å². The number of aromatic hydroxyl groups is 1. The van der Waals surface area contributed by atoms with Gasteiger partial charge in [0.15, 0.2) is 0 Å². The minimum atomic E-state index is -0.351. The zero-order valence-electron chi connectivity index (χ0n) is 13.1. The second-order valence-electron chi connectivity index (χ2n) is 5.65. The van der Waals surface area contributed by atoms with Crippen LogP contribution >= 0.6 is 0 Å². The van der Waals surface area contributed by atoms with Crippen molar-refractivity contribution in [3.8, 4) is 17.2 Å². The van der Waals surface area contributed by atoms with Crippen molar-refractivity contribution in [3.05, 3.63) is 53.6 Å². The molecule has 0 saturated heterocycles. The maximum Gasteiger partial charge on any atom is 0.255 e. The molecular weight excluding hydrogens is 294 g/mol. The van der Waals surface area contributed by atoms with E-state index in [-0.39, 0.29) is 22.8 Å². The lowest BCUT2D eigenvalue weighted by atomic mass is 10.0. The predicted octanol–water partition coefficient (Wildman–Crippen LogP) is 2.83. The third-order valence-electron chi connectivity index (χ3n) is 4.19. The Morgan fingerprint density at radius 2 is 1.65 bits per heavy atom. The fraction of sp³-hybridized carbons (Fsp3) is 0.278. The highest BCUT2D eigenvalue weighted by molar-refractivity contribution is 5.97. The van der Waals surface area contributed by atoms with E-state index in [1.165, 1.54) is 13.2 Å². The van der Waals surface area contributed by atoms with Crippen molar-refractivity contribution in [1.29, 1.82) is 0 Å². The van der Waals surface area contributed by atoms with Crippen molar-refractivity contribution in [3.63, 3.8) is 0 Å². The van der Waals surface area contributed by atoms with Gasteiger partial charge in [0.2, 0.25) is 0 Å². The summed E-state index contributed by atoms with van der Waals surface area (Å²) in [7, 11) is 3.13. The molecule has 0 heterocycles. The van der Waals surface area contributed by atoms with Crippen LogP contribution in [0, 0.1) is 0 Å². The first kappa shape index (κ1) is 15.2. The number of phenols is 1. The van der Waals surface area contributed by atoms with Gasteiger partial charge in [0.25, 0.3) is 5.91 Å². The van der Waals surface area contributed by atoms with E-state index < -0.39 is 0 Å². The number of amides is 1. The van der Waals surface area contributed by atoms with E-state index in [4.69, 9.17) is 9.47 Å². The zero-order chi connectivity index (χ0) is 16.4. The smallest absolute Gasteiger partial charge is 0.255 e. The van der Waals surface area contributed by atoms with Gasteiger partial charge in [-0.3, -0.25) is 4.79 Å². The average Bonchev–Trinajstić information content (AvgIpc) is 3.35. The molecule has 2 aromatic rings. The van der Waals surface area contributed by atoms with Gasteiger partial charge < -0.3 is 19.9 Å². The summed E-state index contributed by atoms with van der Waals surface area (Å²) in [6.07, 6.45) is 1.75. The Labute approximate surface area is 134 Å². The third kappa shape index (κ3) is 2.95. The Balaban J connectivity index is 1.79. The second-order valence-corrected chi connectivity index (χ2v) is 5.65. The van der Waals surface area contributed by atoms with Gasteiger partial charge in [0.05, 0.1) is 25.3 Å². The minimum Gasteiger partial charge on any atom is -0.507 e. The summed E-state index contributed by atoms with van der Waals surface area (Å²) in [6.45, 7) is 0. The summed E-state index contributed by atoms with van der Waals surface area (Å²) in [4.78, 5) is 12.5. The molecule has 120 valence electrons. The molecular formula is C18H19NO4. The van der Waals surface area contributed by atoms with Gasteiger partial charge in [0.1, 0.15) is 17.2 Å². The van der Waals surface area contributed by atoms with Crippen LogP contribution in [0.1, 0.15) is 28.8 Å². The second kappa shape index (κ2) is 5.83. The summed E-state index contributed by atoms with van der Waals surface area (Å²) in [6, 6.07) is 12.3. The Morgan fingerprint density at radius 3 is 2.17 bits per heavy atom. The highest BCUT2D eigenvalue weighted by Crippen LogP contribution is 2.46. The number of benzene rings is 2. The molecule has 2 aromatic carbocycles. The number of hydrogen-bond acceptors (Lipinski definition) is 4. The Morgan fingerprint density at radius 1 is 1.04 bits per heavy atom. The highest BCUT2D eigenvalue weighted by atomic mass is 16.5. The SMILES string of the molecule is COc1ccc(C2(NC(=O)c3ccc(OC)cc3O)CC2)cc1. The lowest BCUT2D eigenvalue weighted by Crippen LogP contribution is -2.34. The molecule has 0 spiro atoms. The van der Waals surface area contributed by atoms with Crippen molar-refractivity contribution in [2.75, 3.05) is 14.2 Å². The first-order valence-electron chi connectivity index (χ1n) is 7.42. The van der Waals surface area contributed by atoms with E-state index >= 15 is 0 Å². The third-order valence-corrected chi connectivity index (χ3v) is 4.19. The maximum absolute atomic E-state index is 12.5. The molecule has 0 unspecified atom stereocenters. The summed E-state index contributed by atoms with van der Waals surface area (Å²) in [5.41, 5.74) is 0.931. The Bertz CT molecular complexity index is 720. The molecule has 1 aliphatic carbocycles. The minimum absolute atomic E-state index is 0.0904. The number of ether oxygens (including phenoxy) is 2. The normalized spacial score (nSPS) is 14.9. The van der Waals surface area contributed by atoms with Crippen molar-refractivity contribution >= 4 is 5.91 Å². The van der Waals surface area contributed by atoms with Gasteiger partial charge in [0, 0.05) is 6.07 Å². The van der Waals surface area contributed by atoms with Crippen LogP contribution in [0.5, 0.6) is 17.2 Å². The molecule has 0 aliphatic heterocycles. The van der Waals surface area contributed by atoms with Crippen LogP contribution in [-0.4, -0.2) is 25.2 Å². The molecule has 5 heteroatoms. The number of rotatable bonds is 5. The first-order chi connectivity index (χ1) is 11.1. The quantitative estimate of drug-likeness (QED) is 0.890. The molecule has 1 fully saturated rings. The van der Waals surface area contributed by atoms with Crippen molar-refractivity contribution in [2.45, 2.75) is 18.4 Å². The van der Waals surface area contributed by atoms with Crippen LogP contribution in [0.15, 0.2) is 42.5 Å². The summed E-state index contributed by atoms with van der Waals surface area (Å²) >= 11 is 0. The molecule has 23 heavy (non-hydrogen) atoms. The lowest BCUT2D eigenvalue weighted by molar-refractivity contribution is 0.0928. The van der Waals surface area contributed by atoms with Gasteiger partial charge in [-0.05, 0) is 42.7 Å². The van der Waals surface area contributed by atoms with E-state index in [0.29, 0.717) is 5.75 Å². The summed E-state index contributed by atoms with van der Waals surface area (Å²) < 4.78 is 10.2. The number of carbonyl (C=O) groups is 1. The molecule has 1 aliphatic rings. The molecule has 1 saturated carbocycles. The van der Waals surface area contributed by atoms with E-state index in [0.717, 1.165) is 24.2 Å². The molecule has 0 aromatic heterocycles. The molecule has 0 radical (unpaired) electrons. The van der Waals surface area contributed by atoms with E-state index in [2.05, 4.69) is 5.32 Å². The standard InChI is InChI=1S/C18H19NO4/c1-22-13-5-3-12(4-6-13)18(9-10-18)19-17(21)15-8-7-14(23-2)11-16(15)20/h3-8,11,20H,9-10H2,1-2H3,(H,19,21). The summed E-state index contributed by atoms with van der Waals surface area (Å²) in [5.74, 6) is 0.907. The molecule has 0 atom stereocenters. The number of hydrogen-bond donors (Lipinski definition) is 2. The largest absolute Gasteiger partial charge is 0.507 e. The number of carbonyl (C=O) groups excluding carboxylic acids is 1. The lowest BCUT2D eigenvalue weighted by Gasteiger charge is -2.19. The Hall–Kier alpha value is -2.69. The molecule has 5 nitrogen and oxygen atoms in total. The molecule has 1 amide bonds. The van der Waals surface area contributed by atoms with Crippen molar-refractivity contribution < 1.29 is 19.4 Å². The van der Waals surface area contributed by atoms with Gasteiger partial charge in [-0.2, -0.15) is 0 Å². The molecule has 2 N–H and O–H groups in total. The Kier molecular flexibility index (Phi) is 3.86. The molecule has 3 rings (SSSR count). The van der Waals surface area contributed by atoms with Gasteiger partial charge in [-0.25, -0.2) is 0 Å². The highest BCUT2D eigenvalue weighted by Gasteiger charge is 2.45. The number of phenolic OH excluding ortho intramolecular Hbond substituents is 1. The van der Waals surface area contributed by atoms with Crippen LogP contribution in [0.2, 0.25) is 0 Å².